The summed E-state index contributed by atoms with van der Waals surface area (Å²) in [5.74, 6) is -4.61. The number of hydrogen-bond donors (Lipinski definition) is 0. The molecule has 0 bridgehead atoms. The second-order valence-electron chi connectivity index (χ2n) is 9.89. The minimum absolute atomic E-state index is 0.158. The lowest BCUT2D eigenvalue weighted by atomic mass is 9.88. The molecule has 0 amide bonds. The monoisotopic (exact) mass is 510 g/mol. The summed E-state index contributed by atoms with van der Waals surface area (Å²) >= 11 is 0. The van der Waals surface area contributed by atoms with Crippen LogP contribution in [0, 0.1) is 23.3 Å². The highest BCUT2D eigenvalue weighted by atomic mass is 19.2. The van der Waals surface area contributed by atoms with Gasteiger partial charge in [-0.1, -0.05) is 68.0 Å². The number of aryl methyl sites for hydroxylation is 3. The van der Waals surface area contributed by atoms with Crippen molar-refractivity contribution in [3.8, 4) is 11.1 Å². The number of halogens is 4. The molecule has 1 heterocycles. The molecule has 196 valence electrons. The third-order valence-electron chi connectivity index (χ3n) is 7.33. The molecule has 1 fully saturated rings. The highest BCUT2D eigenvalue weighted by Gasteiger charge is 2.27. The van der Waals surface area contributed by atoms with Gasteiger partial charge in [-0.05, 0) is 67.2 Å². The Balaban J connectivity index is 1.47. The van der Waals surface area contributed by atoms with Crippen molar-refractivity contribution in [2.24, 2.45) is 0 Å². The Morgan fingerprint density at radius 3 is 2.05 bits per heavy atom. The van der Waals surface area contributed by atoms with Crippen molar-refractivity contribution in [2.75, 3.05) is 6.61 Å². The fourth-order valence-electron chi connectivity index (χ4n) is 5.10. The maximum Gasteiger partial charge on any atom is 0.167 e. The number of ether oxygens (including phenoxy) is 1. The van der Waals surface area contributed by atoms with Crippen LogP contribution < -0.4 is 0 Å². The van der Waals surface area contributed by atoms with Gasteiger partial charge >= 0.3 is 0 Å². The Morgan fingerprint density at radius 1 is 0.784 bits per heavy atom. The van der Waals surface area contributed by atoms with E-state index in [1.165, 1.54) is 29.8 Å². The maximum absolute atomic E-state index is 15.1. The van der Waals surface area contributed by atoms with E-state index in [2.05, 4.69) is 13.5 Å². The van der Waals surface area contributed by atoms with Gasteiger partial charge in [0.2, 0.25) is 0 Å². The van der Waals surface area contributed by atoms with Gasteiger partial charge in [0.25, 0.3) is 0 Å². The lowest BCUT2D eigenvalue weighted by molar-refractivity contribution is -0.00181. The van der Waals surface area contributed by atoms with Crippen LogP contribution in [0.5, 0.6) is 0 Å². The van der Waals surface area contributed by atoms with Crippen LogP contribution in [0.25, 0.3) is 11.1 Å². The molecule has 0 radical (unpaired) electrons. The first-order valence-corrected chi connectivity index (χ1v) is 13.2. The SMILES string of the molecule is C=CCCc1ccc(CCc2ccc(-c3ccc(C4CCC(CCC)OC4)c(F)c3F)c(F)c2F)cc1. The van der Waals surface area contributed by atoms with Crippen LogP contribution in [0.3, 0.4) is 0 Å². The van der Waals surface area contributed by atoms with Crippen LogP contribution in [-0.4, -0.2) is 12.7 Å². The van der Waals surface area contributed by atoms with Crippen LogP contribution >= 0.6 is 0 Å². The predicted octanol–water partition coefficient (Wildman–Crippen LogP) is 8.88. The molecule has 2 atom stereocenters. The van der Waals surface area contributed by atoms with Crippen molar-refractivity contribution in [3.05, 3.63) is 107 Å². The van der Waals surface area contributed by atoms with Gasteiger partial charge in [0.05, 0.1) is 12.7 Å². The van der Waals surface area contributed by atoms with Crippen molar-refractivity contribution in [1.29, 1.82) is 0 Å². The molecule has 3 aromatic rings. The second-order valence-corrected chi connectivity index (χ2v) is 9.89. The zero-order valence-corrected chi connectivity index (χ0v) is 21.3. The van der Waals surface area contributed by atoms with E-state index >= 15 is 13.2 Å². The average Bonchev–Trinajstić information content (AvgIpc) is 2.91. The summed E-state index contributed by atoms with van der Waals surface area (Å²) in [5, 5.41) is 0. The van der Waals surface area contributed by atoms with E-state index in [0.717, 1.165) is 37.7 Å². The van der Waals surface area contributed by atoms with Gasteiger partial charge in [-0.3, -0.25) is 0 Å². The molecule has 3 aromatic carbocycles. The van der Waals surface area contributed by atoms with E-state index < -0.39 is 23.3 Å². The van der Waals surface area contributed by atoms with Gasteiger partial charge in [-0.25, -0.2) is 17.6 Å². The van der Waals surface area contributed by atoms with Gasteiger partial charge in [-0.15, -0.1) is 6.58 Å². The molecule has 0 saturated carbocycles. The number of allylic oxidation sites excluding steroid dienone is 1. The molecule has 4 rings (SSSR count). The Bertz CT molecular complexity index is 1210. The number of rotatable bonds is 10. The van der Waals surface area contributed by atoms with Crippen LogP contribution in [0.4, 0.5) is 17.6 Å². The molecule has 1 aliphatic rings. The molecule has 0 spiro atoms. The van der Waals surface area contributed by atoms with E-state index in [-0.39, 0.29) is 34.3 Å². The lowest BCUT2D eigenvalue weighted by Crippen LogP contribution is -2.25. The third kappa shape index (κ3) is 6.32. The molecule has 1 aliphatic heterocycles. The summed E-state index contributed by atoms with van der Waals surface area (Å²) in [6, 6.07) is 13.7. The standard InChI is InChI=1S/C32H34F4O/c1-3-5-7-21-8-10-22(11-9-21)12-13-23-15-17-27(31(35)29(23)33)28-19-18-26(30(34)32(28)36)24-14-16-25(6-4-2)37-20-24/h3,8-11,15,17-19,24-25H,1,4-7,12-14,16,20H2,2H3. The van der Waals surface area contributed by atoms with Crippen molar-refractivity contribution < 1.29 is 22.3 Å². The molecule has 0 N–H and O–H groups in total. The molecular formula is C32H34F4O. The van der Waals surface area contributed by atoms with Crippen LogP contribution in [0.2, 0.25) is 0 Å². The van der Waals surface area contributed by atoms with Gasteiger partial charge < -0.3 is 4.74 Å². The molecular weight excluding hydrogens is 476 g/mol. The highest BCUT2D eigenvalue weighted by Crippen LogP contribution is 2.36. The van der Waals surface area contributed by atoms with E-state index in [1.807, 2.05) is 30.3 Å². The van der Waals surface area contributed by atoms with Gasteiger partial charge in [0.15, 0.2) is 23.3 Å². The summed E-state index contributed by atoms with van der Waals surface area (Å²) in [7, 11) is 0. The van der Waals surface area contributed by atoms with Crippen LogP contribution in [0.15, 0.2) is 61.2 Å². The first-order chi connectivity index (χ1) is 17.9. The fraction of sp³-hybridized carbons (Fsp3) is 0.375. The van der Waals surface area contributed by atoms with E-state index in [4.69, 9.17) is 4.74 Å². The van der Waals surface area contributed by atoms with Crippen molar-refractivity contribution in [3.63, 3.8) is 0 Å². The predicted molar refractivity (Wildman–Crippen MR) is 141 cm³/mol. The summed E-state index contributed by atoms with van der Waals surface area (Å²) in [4.78, 5) is 0. The van der Waals surface area contributed by atoms with Gasteiger partial charge in [0.1, 0.15) is 0 Å². The van der Waals surface area contributed by atoms with Crippen LogP contribution in [-0.2, 0) is 24.0 Å². The fourth-order valence-corrected chi connectivity index (χ4v) is 5.10. The van der Waals surface area contributed by atoms with E-state index in [0.29, 0.717) is 25.9 Å². The maximum atomic E-state index is 15.1. The van der Waals surface area contributed by atoms with Crippen LogP contribution in [0.1, 0.15) is 67.2 Å². The van der Waals surface area contributed by atoms with Gasteiger partial charge in [-0.2, -0.15) is 0 Å². The van der Waals surface area contributed by atoms with E-state index in [9.17, 15) is 4.39 Å². The first-order valence-electron chi connectivity index (χ1n) is 13.2. The topological polar surface area (TPSA) is 9.23 Å². The molecule has 1 nitrogen and oxygen atoms in total. The molecule has 1 saturated heterocycles. The molecule has 0 aliphatic carbocycles. The van der Waals surface area contributed by atoms with Crippen molar-refractivity contribution >= 4 is 0 Å². The molecule has 5 heteroatoms. The number of benzene rings is 3. The second kappa shape index (κ2) is 12.6. The lowest BCUT2D eigenvalue weighted by Gasteiger charge is -2.29. The zero-order valence-electron chi connectivity index (χ0n) is 21.3. The largest absolute Gasteiger partial charge is 0.378 e. The Hall–Kier alpha value is -2.92. The van der Waals surface area contributed by atoms with Gasteiger partial charge in [0, 0.05) is 17.0 Å². The highest BCUT2D eigenvalue weighted by molar-refractivity contribution is 5.66. The minimum Gasteiger partial charge on any atom is -0.378 e. The summed E-state index contributed by atoms with van der Waals surface area (Å²) in [5.41, 5.74) is 2.09. The smallest absolute Gasteiger partial charge is 0.167 e. The summed E-state index contributed by atoms with van der Waals surface area (Å²) in [6.07, 6.45) is 8.14. The third-order valence-corrected chi connectivity index (χ3v) is 7.33. The van der Waals surface area contributed by atoms with Crippen molar-refractivity contribution in [1.82, 2.24) is 0 Å². The van der Waals surface area contributed by atoms with Crippen molar-refractivity contribution in [2.45, 2.75) is 70.3 Å². The molecule has 2 unspecified atom stereocenters. The van der Waals surface area contributed by atoms with E-state index in [1.54, 1.807) is 0 Å². The molecule has 0 aromatic heterocycles. The zero-order chi connectivity index (χ0) is 26.4. The molecule has 37 heavy (non-hydrogen) atoms. The normalized spacial score (nSPS) is 17.6. The Labute approximate surface area is 217 Å². The Morgan fingerprint density at radius 2 is 1.43 bits per heavy atom. The quantitative estimate of drug-likeness (QED) is 0.195. The minimum atomic E-state index is -1.16. The summed E-state index contributed by atoms with van der Waals surface area (Å²) < 4.78 is 65.9. The number of hydrogen-bond acceptors (Lipinski definition) is 1. The first kappa shape index (κ1) is 27.1. The Kier molecular flexibility index (Phi) is 9.20. The average molecular weight is 511 g/mol. The summed E-state index contributed by atoms with van der Waals surface area (Å²) in [6.45, 7) is 6.14.